The maximum Gasteiger partial charge on any atom is 0.0805 e. The molecule has 0 spiro atoms. The molecule has 2 N–H and O–H groups in total. The van der Waals surface area contributed by atoms with Gasteiger partial charge in [0.1, 0.15) is 0 Å². The zero-order chi connectivity index (χ0) is 10.3. The maximum atomic E-state index is 9.47. The molecule has 1 saturated carbocycles. The van der Waals surface area contributed by atoms with E-state index in [1.165, 1.54) is 32.5 Å². The standard InChI is InChI=1S/C13H21NO/c15-13-3-5-14(6-4-13)9-12-8-10-1-2-11(12)7-10/h1-2,10-13,15H,3-9H2/p+1/t10-,11+,12+/m1/s1. The summed E-state index contributed by atoms with van der Waals surface area (Å²) in [4.78, 5) is 1.74. The topological polar surface area (TPSA) is 24.7 Å². The fourth-order valence-corrected chi connectivity index (χ4v) is 3.72. The van der Waals surface area contributed by atoms with Crippen LogP contribution in [0.3, 0.4) is 0 Å². The third kappa shape index (κ3) is 1.98. The number of fused-ring (bicyclic) bond motifs is 2. The van der Waals surface area contributed by atoms with Gasteiger partial charge in [-0.1, -0.05) is 12.2 Å². The number of aliphatic hydroxyl groups is 1. The molecule has 15 heavy (non-hydrogen) atoms. The van der Waals surface area contributed by atoms with E-state index in [9.17, 15) is 5.11 Å². The predicted molar refractivity (Wildman–Crippen MR) is 59.6 cm³/mol. The van der Waals surface area contributed by atoms with Gasteiger partial charge >= 0.3 is 0 Å². The second-order valence-corrected chi connectivity index (χ2v) is 5.73. The summed E-state index contributed by atoms with van der Waals surface area (Å²) in [6, 6.07) is 0. The van der Waals surface area contributed by atoms with Crippen molar-refractivity contribution in [3.05, 3.63) is 12.2 Å². The van der Waals surface area contributed by atoms with Gasteiger partial charge in [-0.05, 0) is 24.7 Å². The molecule has 2 nitrogen and oxygen atoms in total. The van der Waals surface area contributed by atoms with Gasteiger partial charge in [-0.2, -0.15) is 0 Å². The Morgan fingerprint density at radius 1 is 1.13 bits per heavy atom. The molecule has 0 aromatic carbocycles. The quantitative estimate of drug-likeness (QED) is 0.624. The average molecular weight is 208 g/mol. The molecule has 1 heterocycles. The van der Waals surface area contributed by atoms with Crippen molar-refractivity contribution in [3.63, 3.8) is 0 Å². The minimum absolute atomic E-state index is 0.00586. The summed E-state index contributed by atoms with van der Waals surface area (Å²) in [7, 11) is 0. The van der Waals surface area contributed by atoms with Gasteiger partial charge in [0, 0.05) is 18.8 Å². The summed E-state index contributed by atoms with van der Waals surface area (Å²) < 4.78 is 0. The number of quaternary nitrogens is 1. The summed E-state index contributed by atoms with van der Waals surface area (Å²) in [5.41, 5.74) is 0. The minimum Gasteiger partial charge on any atom is -0.393 e. The third-order valence-corrected chi connectivity index (χ3v) is 4.63. The van der Waals surface area contributed by atoms with E-state index in [-0.39, 0.29) is 6.10 Å². The van der Waals surface area contributed by atoms with Crippen molar-refractivity contribution in [2.45, 2.75) is 31.8 Å². The van der Waals surface area contributed by atoms with Crippen LogP contribution in [0.25, 0.3) is 0 Å². The first-order valence-electron chi connectivity index (χ1n) is 6.51. The number of allylic oxidation sites excluding steroid dienone is 2. The molecule has 0 aromatic rings. The SMILES string of the molecule is OC1CC[NH+](C[C@@H]2C[C@@H]3C=C[C@H]2C3)CC1. The Morgan fingerprint density at radius 3 is 2.53 bits per heavy atom. The molecule has 84 valence electrons. The molecular formula is C13H22NO+. The average Bonchev–Trinajstić information content (AvgIpc) is 2.83. The Bertz CT molecular complexity index is 255. The Kier molecular flexibility index (Phi) is 2.57. The highest BCUT2D eigenvalue weighted by atomic mass is 16.3. The Labute approximate surface area is 92.0 Å². The van der Waals surface area contributed by atoms with Crippen LogP contribution >= 0.6 is 0 Å². The lowest BCUT2D eigenvalue weighted by atomic mass is 9.92. The molecule has 3 atom stereocenters. The van der Waals surface area contributed by atoms with Gasteiger partial charge in [0.05, 0.1) is 25.7 Å². The van der Waals surface area contributed by atoms with E-state index in [1.54, 1.807) is 4.90 Å². The van der Waals surface area contributed by atoms with E-state index >= 15 is 0 Å². The van der Waals surface area contributed by atoms with Gasteiger partial charge in [-0.25, -0.2) is 0 Å². The van der Waals surface area contributed by atoms with Gasteiger partial charge in [0.2, 0.25) is 0 Å². The normalized spacial score (nSPS) is 48.7. The van der Waals surface area contributed by atoms with Gasteiger partial charge < -0.3 is 10.0 Å². The number of aliphatic hydroxyl groups excluding tert-OH is 1. The fraction of sp³-hybridized carbons (Fsp3) is 0.846. The molecule has 3 rings (SSSR count). The van der Waals surface area contributed by atoms with Crippen LogP contribution in [0.1, 0.15) is 25.7 Å². The van der Waals surface area contributed by atoms with Crippen molar-refractivity contribution in [2.24, 2.45) is 17.8 Å². The van der Waals surface area contributed by atoms with Gasteiger partial charge in [0.25, 0.3) is 0 Å². The van der Waals surface area contributed by atoms with E-state index < -0.39 is 0 Å². The first-order chi connectivity index (χ1) is 7.31. The van der Waals surface area contributed by atoms with Gasteiger partial charge in [0.15, 0.2) is 0 Å². The molecule has 2 heteroatoms. The molecule has 3 aliphatic rings. The van der Waals surface area contributed by atoms with Gasteiger partial charge in [-0.3, -0.25) is 0 Å². The molecule has 0 aromatic heterocycles. The van der Waals surface area contributed by atoms with E-state index in [4.69, 9.17) is 0 Å². The van der Waals surface area contributed by atoms with Crippen LogP contribution in [0.2, 0.25) is 0 Å². The number of hydrogen-bond acceptors (Lipinski definition) is 1. The summed E-state index contributed by atoms with van der Waals surface area (Å²) in [6.07, 6.45) is 9.79. The molecule has 2 bridgehead atoms. The predicted octanol–water partition coefficient (Wildman–Crippen LogP) is 0.238. The first-order valence-corrected chi connectivity index (χ1v) is 6.51. The zero-order valence-corrected chi connectivity index (χ0v) is 9.36. The number of hydrogen-bond donors (Lipinski definition) is 2. The van der Waals surface area contributed by atoms with Crippen molar-refractivity contribution < 1.29 is 10.0 Å². The Hall–Kier alpha value is -0.340. The van der Waals surface area contributed by atoms with Gasteiger partial charge in [-0.15, -0.1) is 0 Å². The lowest BCUT2D eigenvalue weighted by molar-refractivity contribution is -0.909. The summed E-state index contributed by atoms with van der Waals surface area (Å²) in [5, 5.41) is 9.47. The molecule has 0 amide bonds. The van der Waals surface area contributed by atoms with Crippen LogP contribution in [0.15, 0.2) is 12.2 Å². The van der Waals surface area contributed by atoms with Crippen LogP contribution in [0, 0.1) is 17.8 Å². The monoisotopic (exact) mass is 208 g/mol. The molecule has 0 radical (unpaired) electrons. The second kappa shape index (κ2) is 3.91. The lowest BCUT2D eigenvalue weighted by Gasteiger charge is -2.30. The molecule has 0 unspecified atom stereocenters. The highest BCUT2D eigenvalue weighted by molar-refractivity contribution is 5.09. The minimum atomic E-state index is -0.00586. The smallest absolute Gasteiger partial charge is 0.0805 e. The summed E-state index contributed by atoms with van der Waals surface area (Å²) in [6.45, 7) is 3.75. The van der Waals surface area contributed by atoms with E-state index in [0.717, 1.165) is 30.6 Å². The van der Waals surface area contributed by atoms with Crippen molar-refractivity contribution >= 4 is 0 Å². The second-order valence-electron chi connectivity index (χ2n) is 5.73. The number of rotatable bonds is 2. The molecule has 1 saturated heterocycles. The van der Waals surface area contributed by atoms with Crippen molar-refractivity contribution in [2.75, 3.05) is 19.6 Å². The molecule has 2 fully saturated rings. The van der Waals surface area contributed by atoms with Crippen molar-refractivity contribution in [1.29, 1.82) is 0 Å². The highest BCUT2D eigenvalue weighted by Gasteiger charge is 2.38. The first kappa shape index (κ1) is 9.86. The van der Waals surface area contributed by atoms with E-state index in [1.807, 2.05) is 0 Å². The highest BCUT2D eigenvalue weighted by Crippen LogP contribution is 2.42. The van der Waals surface area contributed by atoms with Crippen LogP contribution in [-0.4, -0.2) is 30.8 Å². The van der Waals surface area contributed by atoms with Crippen molar-refractivity contribution in [3.8, 4) is 0 Å². The fourth-order valence-electron chi connectivity index (χ4n) is 3.72. The number of nitrogens with one attached hydrogen (secondary N) is 1. The Balaban J connectivity index is 1.51. The lowest BCUT2D eigenvalue weighted by Crippen LogP contribution is -3.14. The summed E-state index contributed by atoms with van der Waals surface area (Å²) in [5.74, 6) is 2.76. The van der Waals surface area contributed by atoms with E-state index in [0.29, 0.717) is 0 Å². The largest absolute Gasteiger partial charge is 0.393 e. The van der Waals surface area contributed by atoms with Crippen molar-refractivity contribution in [1.82, 2.24) is 0 Å². The molecule has 2 aliphatic carbocycles. The summed E-state index contributed by atoms with van der Waals surface area (Å²) >= 11 is 0. The Morgan fingerprint density at radius 2 is 1.93 bits per heavy atom. The molecule has 1 aliphatic heterocycles. The third-order valence-electron chi connectivity index (χ3n) is 4.63. The number of likely N-dealkylation sites (tertiary alicyclic amines) is 1. The van der Waals surface area contributed by atoms with Crippen LogP contribution in [0.4, 0.5) is 0 Å². The van der Waals surface area contributed by atoms with Crippen LogP contribution in [-0.2, 0) is 0 Å². The zero-order valence-electron chi connectivity index (χ0n) is 9.36. The van der Waals surface area contributed by atoms with Crippen LogP contribution in [0.5, 0.6) is 0 Å². The molecular weight excluding hydrogens is 186 g/mol. The van der Waals surface area contributed by atoms with Crippen LogP contribution < -0.4 is 4.90 Å². The van der Waals surface area contributed by atoms with E-state index in [2.05, 4.69) is 12.2 Å². The maximum absolute atomic E-state index is 9.47. The number of piperidine rings is 1.